The van der Waals surface area contributed by atoms with E-state index in [1.165, 1.54) is 44.9 Å². The third-order valence-corrected chi connectivity index (χ3v) is 10.5. The van der Waals surface area contributed by atoms with Gasteiger partial charge in [0.05, 0.1) is 44.3 Å². The fourth-order valence-electron chi connectivity index (χ4n) is 3.83. The summed E-state index contributed by atoms with van der Waals surface area (Å²) in [5.41, 5.74) is 2.70. The Labute approximate surface area is 224 Å². The van der Waals surface area contributed by atoms with Crippen molar-refractivity contribution in [1.82, 2.24) is 0 Å². The molecular formula is C27H34O4S4. The van der Waals surface area contributed by atoms with Gasteiger partial charge in [-0.15, -0.1) is 45.8 Å². The van der Waals surface area contributed by atoms with Crippen molar-refractivity contribution < 1.29 is 18.9 Å². The van der Waals surface area contributed by atoms with Crippen LogP contribution in [0.3, 0.4) is 0 Å². The highest BCUT2D eigenvalue weighted by molar-refractivity contribution is 8.00. The highest BCUT2D eigenvalue weighted by Gasteiger charge is 2.22. The summed E-state index contributed by atoms with van der Waals surface area (Å²) in [4.78, 5) is 6.92. The Bertz CT molecular complexity index is 1120. The molecular weight excluding hydrogens is 517 g/mol. The van der Waals surface area contributed by atoms with Gasteiger partial charge in [0.25, 0.3) is 0 Å². The zero-order valence-electron chi connectivity index (χ0n) is 20.6. The predicted molar refractivity (Wildman–Crippen MR) is 155 cm³/mol. The van der Waals surface area contributed by atoms with Crippen LogP contribution in [0.1, 0.15) is 38.9 Å². The molecule has 4 nitrogen and oxygen atoms in total. The van der Waals surface area contributed by atoms with Gasteiger partial charge in [0.1, 0.15) is 0 Å². The molecule has 0 fully saturated rings. The third kappa shape index (κ3) is 7.29. The lowest BCUT2D eigenvalue weighted by Crippen LogP contribution is -2.05. The van der Waals surface area contributed by atoms with Crippen LogP contribution in [0.5, 0.6) is 0 Å². The standard InChI is InChI=1S/C27H34O4S4/c1-4-22-23(35-25-17-21(34-27(22)25)8-10-31-14-12-29-6-3)15-19-18-32-24-16-20(33-26(19)24)7-9-30-13-11-28-5-2/h4,15-17H,1,5-14,18H2,2-3H3/b19-15+. The summed E-state index contributed by atoms with van der Waals surface area (Å²) in [5.74, 6) is 1.04. The van der Waals surface area contributed by atoms with Gasteiger partial charge in [-0.1, -0.05) is 12.7 Å². The molecule has 3 aromatic heterocycles. The number of thiophene rings is 3. The van der Waals surface area contributed by atoms with Gasteiger partial charge in [-0.3, -0.25) is 0 Å². The normalized spacial score (nSPS) is 14.4. The van der Waals surface area contributed by atoms with Crippen molar-refractivity contribution in [2.45, 2.75) is 31.6 Å². The fourth-order valence-corrected chi connectivity index (χ4v) is 8.99. The highest BCUT2D eigenvalue weighted by atomic mass is 32.2. The molecule has 0 saturated carbocycles. The van der Waals surface area contributed by atoms with E-state index in [1.807, 2.05) is 65.7 Å². The van der Waals surface area contributed by atoms with E-state index in [9.17, 15) is 0 Å². The van der Waals surface area contributed by atoms with Crippen molar-refractivity contribution >= 4 is 72.9 Å². The Balaban J connectivity index is 1.38. The van der Waals surface area contributed by atoms with E-state index in [0.717, 1.165) is 45.0 Å². The molecule has 0 spiro atoms. The molecule has 0 radical (unpaired) electrons. The molecule has 0 bridgehead atoms. The van der Waals surface area contributed by atoms with Crippen molar-refractivity contribution in [2.75, 3.05) is 58.6 Å². The molecule has 0 unspecified atom stereocenters. The summed E-state index contributed by atoms with van der Waals surface area (Å²) in [6.45, 7) is 13.8. The minimum Gasteiger partial charge on any atom is -0.379 e. The van der Waals surface area contributed by atoms with Gasteiger partial charge < -0.3 is 18.9 Å². The quantitative estimate of drug-likeness (QED) is 0.173. The Morgan fingerprint density at radius 1 is 0.829 bits per heavy atom. The minimum atomic E-state index is 0.661. The first kappa shape index (κ1) is 27.1. The van der Waals surface area contributed by atoms with Gasteiger partial charge in [0.2, 0.25) is 0 Å². The summed E-state index contributed by atoms with van der Waals surface area (Å²) >= 11 is 7.61. The molecule has 0 aliphatic carbocycles. The van der Waals surface area contributed by atoms with Crippen LogP contribution >= 0.6 is 45.8 Å². The maximum atomic E-state index is 5.71. The van der Waals surface area contributed by atoms with Gasteiger partial charge in [-0.05, 0) is 37.6 Å². The average Bonchev–Trinajstić information content (AvgIpc) is 3.60. The summed E-state index contributed by atoms with van der Waals surface area (Å²) in [5, 5.41) is 0. The molecule has 0 atom stereocenters. The lowest BCUT2D eigenvalue weighted by Gasteiger charge is -2.03. The van der Waals surface area contributed by atoms with Crippen LogP contribution in [-0.4, -0.2) is 58.6 Å². The number of rotatable bonds is 16. The molecule has 8 heteroatoms. The molecule has 0 aromatic carbocycles. The van der Waals surface area contributed by atoms with Gasteiger partial charge in [0, 0.05) is 66.5 Å². The van der Waals surface area contributed by atoms with E-state index in [4.69, 9.17) is 18.9 Å². The monoisotopic (exact) mass is 550 g/mol. The Hall–Kier alpha value is -0.970. The van der Waals surface area contributed by atoms with Gasteiger partial charge in [-0.25, -0.2) is 0 Å². The van der Waals surface area contributed by atoms with E-state index in [-0.39, 0.29) is 0 Å². The summed E-state index contributed by atoms with van der Waals surface area (Å²) in [6, 6.07) is 4.68. The minimum absolute atomic E-state index is 0.661. The first-order valence-corrected chi connectivity index (χ1v) is 15.6. The molecule has 190 valence electrons. The molecule has 4 rings (SSSR count). The van der Waals surface area contributed by atoms with E-state index in [1.54, 1.807) is 0 Å². The fraction of sp³-hybridized carbons (Fsp3) is 0.481. The van der Waals surface area contributed by atoms with Crippen molar-refractivity contribution in [3.05, 3.63) is 43.8 Å². The van der Waals surface area contributed by atoms with Crippen molar-refractivity contribution in [3.63, 3.8) is 0 Å². The Morgan fingerprint density at radius 2 is 1.49 bits per heavy atom. The second-order valence-corrected chi connectivity index (χ2v) is 12.3. The molecule has 0 N–H and O–H groups in total. The summed E-state index contributed by atoms with van der Waals surface area (Å²) < 4.78 is 24.8. The van der Waals surface area contributed by atoms with Crippen LogP contribution in [0.2, 0.25) is 0 Å². The molecule has 4 heterocycles. The molecule has 0 amide bonds. The maximum Gasteiger partial charge on any atom is 0.0700 e. The van der Waals surface area contributed by atoms with Crippen LogP contribution in [-0.2, 0) is 31.8 Å². The van der Waals surface area contributed by atoms with Crippen LogP contribution in [0, 0.1) is 0 Å². The maximum absolute atomic E-state index is 5.71. The first-order valence-electron chi connectivity index (χ1n) is 12.2. The Kier molecular flexibility index (Phi) is 10.9. The molecule has 35 heavy (non-hydrogen) atoms. The zero-order valence-corrected chi connectivity index (χ0v) is 23.8. The largest absolute Gasteiger partial charge is 0.379 e. The third-order valence-electron chi connectivity index (χ3n) is 5.55. The van der Waals surface area contributed by atoms with E-state index in [2.05, 4.69) is 24.8 Å². The van der Waals surface area contributed by atoms with Crippen molar-refractivity contribution in [1.29, 1.82) is 0 Å². The van der Waals surface area contributed by atoms with E-state index < -0.39 is 0 Å². The summed E-state index contributed by atoms with van der Waals surface area (Å²) in [7, 11) is 0. The number of hydrogen-bond donors (Lipinski definition) is 0. The zero-order chi connectivity index (χ0) is 24.5. The topological polar surface area (TPSA) is 36.9 Å². The number of thioether (sulfide) groups is 1. The molecule has 0 saturated heterocycles. The van der Waals surface area contributed by atoms with Crippen molar-refractivity contribution in [2.24, 2.45) is 0 Å². The van der Waals surface area contributed by atoms with E-state index >= 15 is 0 Å². The first-order chi connectivity index (χ1) is 17.2. The van der Waals surface area contributed by atoms with Crippen LogP contribution in [0.15, 0.2) is 23.6 Å². The predicted octanol–water partition coefficient (Wildman–Crippen LogP) is 7.50. The number of hydrogen-bond acceptors (Lipinski definition) is 8. The van der Waals surface area contributed by atoms with Gasteiger partial charge in [-0.2, -0.15) is 0 Å². The number of fused-ring (bicyclic) bond motifs is 2. The van der Waals surface area contributed by atoms with Crippen LogP contribution in [0.25, 0.3) is 27.1 Å². The van der Waals surface area contributed by atoms with E-state index in [0.29, 0.717) is 26.4 Å². The smallest absolute Gasteiger partial charge is 0.0700 e. The SMILES string of the molecule is C=Cc1c(/C=C2\CSc3cc(CCOCCOCC)sc32)sc2cc(CCOCCOCC)sc12. The summed E-state index contributed by atoms with van der Waals surface area (Å²) in [6.07, 6.45) is 6.32. The van der Waals surface area contributed by atoms with Crippen molar-refractivity contribution in [3.8, 4) is 0 Å². The van der Waals surface area contributed by atoms with Crippen LogP contribution in [0.4, 0.5) is 0 Å². The second kappa shape index (κ2) is 14.1. The lowest BCUT2D eigenvalue weighted by atomic mass is 10.1. The number of ether oxygens (including phenoxy) is 4. The molecule has 1 aliphatic rings. The molecule has 1 aliphatic heterocycles. The molecule has 3 aromatic rings. The average molecular weight is 551 g/mol. The Morgan fingerprint density at radius 3 is 2.14 bits per heavy atom. The van der Waals surface area contributed by atoms with Gasteiger partial charge >= 0.3 is 0 Å². The lowest BCUT2D eigenvalue weighted by molar-refractivity contribution is 0.0543. The van der Waals surface area contributed by atoms with Gasteiger partial charge in [0.15, 0.2) is 0 Å². The van der Waals surface area contributed by atoms with Crippen LogP contribution < -0.4 is 0 Å². The highest BCUT2D eigenvalue weighted by Crippen LogP contribution is 2.47. The second-order valence-electron chi connectivity index (χ2n) is 7.97.